The molecule has 0 aliphatic carbocycles. The minimum absolute atomic E-state index is 0.233. The summed E-state index contributed by atoms with van der Waals surface area (Å²) in [4.78, 5) is 16.1. The SMILES string of the molecule is CNn1cnc2c(oc3ccccc32)c1=O. The van der Waals surface area contributed by atoms with Gasteiger partial charge in [-0.05, 0) is 12.1 Å². The molecule has 0 amide bonds. The van der Waals surface area contributed by atoms with Crippen LogP contribution in [0.2, 0.25) is 0 Å². The molecule has 16 heavy (non-hydrogen) atoms. The first-order valence-electron chi connectivity index (χ1n) is 4.88. The number of para-hydroxylation sites is 1. The fourth-order valence-electron chi connectivity index (χ4n) is 1.74. The van der Waals surface area contributed by atoms with Crippen molar-refractivity contribution < 1.29 is 4.42 Å². The standard InChI is InChI=1S/C11H9N3O2/c1-12-14-6-13-9-7-4-2-3-5-8(7)16-10(9)11(14)15/h2-6,12H,1H3. The van der Waals surface area contributed by atoms with Crippen molar-refractivity contribution in [3.63, 3.8) is 0 Å². The van der Waals surface area contributed by atoms with Crippen LogP contribution in [0.15, 0.2) is 39.8 Å². The van der Waals surface area contributed by atoms with Crippen molar-refractivity contribution in [2.24, 2.45) is 0 Å². The summed E-state index contributed by atoms with van der Waals surface area (Å²) in [6.07, 6.45) is 1.45. The third kappa shape index (κ3) is 1.05. The van der Waals surface area contributed by atoms with Crippen LogP contribution in [0.1, 0.15) is 0 Å². The van der Waals surface area contributed by atoms with E-state index in [1.54, 1.807) is 7.05 Å². The molecule has 0 radical (unpaired) electrons. The van der Waals surface area contributed by atoms with Crippen molar-refractivity contribution in [2.45, 2.75) is 0 Å². The van der Waals surface area contributed by atoms with Crippen molar-refractivity contribution in [3.8, 4) is 0 Å². The van der Waals surface area contributed by atoms with Crippen LogP contribution in [0, 0.1) is 0 Å². The quantitative estimate of drug-likeness (QED) is 0.665. The van der Waals surface area contributed by atoms with Crippen LogP contribution in [0.3, 0.4) is 0 Å². The smallest absolute Gasteiger partial charge is 0.315 e. The Morgan fingerprint density at radius 2 is 2.19 bits per heavy atom. The summed E-state index contributed by atoms with van der Waals surface area (Å²) in [7, 11) is 1.65. The summed E-state index contributed by atoms with van der Waals surface area (Å²) in [6.45, 7) is 0. The normalized spacial score (nSPS) is 11.1. The maximum absolute atomic E-state index is 11.9. The molecule has 0 fully saturated rings. The zero-order valence-corrected chi connectivity index (χ0v) is 8.60. The highest BCUT2D eigenvalue weighted by Gasteiger charge is 2.11. The van der Waals surface area contributed by atoms with Gasteiger partial charge in [-0.2, -0.15) is 0 Å². The van der Waals surface area contributed by atoms with Crippen molar-refractivity contribution in [2.75, 3.05) is 12.5 Å². The maximum Gasteiger partial charge on any atom is 0.315 e. The molecule has 0 saturated heterocycles. The molecule has 5 heteroatoms. The highest BCUT2D eigenvalue weighted by molar-refractivity contribution is 6.01. The molecule has 2 aromatic heterocycles. The molecule has 1 aromatic carbocycles. The van der Waals surface area contributed by atoms with E-state index in [0.717, 1.165) is 5.39 Å². The third-order valence-electron chi connectivity index (χ3n) is 2.53. The minimum atomic E-state index is -0.233. The Kier molecular flexibility index (Phi) is 1.73. The van der Waals surface area contributed by atoms with Gasteiger partial charge in [0.25, 0.3) is 0 Å². The van der Waals surface area contributed by atoms with E-state index >= 15 is 0 Å². The maximum atomic E-state index is 11.9. The van der Waals surface area contributed by atoms with Crippen LogP contribution in [-0.2, 0) is 0 Å². The lowest BCUT2D eigenvalue weighted by Crippen LogP contribution is -2.26. The molecule has 2 heterocycles. The van der Waals surface area contributed by atoms with Gasteiger partial charge in [0.2, 0.25) is 5.58 Å². The first kappa shape index (κ1) is 8.96. The number of furan rings is 1. The minimum Gasteiger partial charge on any atom is -0.448 e. The summed E-state index contributed by atoms with van der Waals surface area (Å²) in [6, 6.07) is 7.46. The number of nitrogens with one attached hydrogen (secondary N) is 1. The van der Waals surface area contributed by atoms with Gasteiger partial charge in [-0.15, -0.1) is 0 Å². The number of hydrogen-bond acceptors (Lipinski definition) is 4. The Balaban J connectivity index is 2.55. The largest absolute Gasteiger partial charge is 0.448 e. The van der Waals surface area contributed by atoms with E-state index < -0.39 is 0 Å². The summed E-state index contributed by atoms with van der Waals surface area (Å²) in [5, 5.41) is 0.859. The van der Waals surface area contributed by atoms with E-state index in [0.29, 0.717) is 11.1 Å². The Morgan fingerprint density at radius 3 is 3.00 bits per heavy atom. The predicted octanol–water partition coefficient (Wildman–Crippen LogP) is 1.32. The lowest BCUT2D eigenvalue weighted by Gasteiger charge is -2.00. The molecule has 0 bridgehead atoms. The summed E-state index contributed by atoms with van der Waals surface area (Å²) in [5.74, 6) is 0. The molecule has 3 aromatic rings. The molecule has 0 atom stereocenters. The predicted molar refractivity (Wildman–Crippen MR) is 61.1 cm³/mol. The monoisotopic (exact) mass is 215 g/mol. The van der Waals surface area contributed by atoms with E-state index in [2.05, 4.69) is 10.4 Å². The number of hydrogen-bond donors (Lipinski definition) is 1. The molecule has 0 unspecified atom stereocenters. The van der Waals surface area contributed by atoms with Crippen LogP contribution in [0.5, 0.6) is 0 Å². The van der Waals surface area contributed by atoms with Gasteiger partial charge in [0.05, 0.1) is 0 Å². The average Bonchev–Trinajstić information content (AvgIpc) is 2.69. The second-order valence-electron chi connectivity index (χ2n) is 3.42. The van der Waals surface area contributed by atoms with Crippen LogP contribution >= 0.6 is 0 Å². The number of benzene rings is 1. The van der Waals surface area contributed by atoms with Gasteiger partial charge in [0.1, 0.15) is 17.4 Å². The van der Waals surface area contributed by atoms with Gasteiger partial charge >= 0.3 is 5.56 Å². The zero-order chi connectivity index (χ0) is 11.1. The number of rotatable bonds is 1. The second kappa shape index (κ2) is 3.10. The molecule has 0 saturated carbocycles. The number of fused-ring (bicyclic) bond motifs is 3. The fourth-order valence-corrected chi connectivity index (χ4v) is 1.74. The lowest BCUT2D eigenvalue weighted by atomic mass is 10.2. The topological polar surface area (TPSA) is 60.1 Å². The Labute approximate surface area is 90.3 Å². The van der Waals surface area contributed by atoms with Gasteiger partial charge in [0, 0.05) is 12.4 Å². The molecule has 0 aliphatic heterocycles. The van der Waals surface area contributed by atoms with Gasteiger partial charge < -0.3 is 9.84 Å². The van der Waals surface area contributed by atoms with Crippen LogP contribution in [-0.4, -0.2) is 16.7 Å². The van der Waals surface area contributed by atoms with Gasteiger partial charge in [-0.1, -0.05) is 12.1 Å². The number of nitrogens with zero attached hydrogens (tertiary/aromatic N) is 2. The van der Waals surface area contributed by atoms with E-state index in [9.17, 15) is 4.79 Å². The first-order valence-corrected chi connectivity index (χ1v) is 4.88. The average molecular weight is 215 g/mol. The van der Waals surface area contributed by atoms with Crippen molar-refractivity contribution in [3.05, 3.63) is 40.9 Å². The molecule has 3 rings (SSSR count). The van der Waals surface area contributed by atoms with Crippen LogP contribution < -0.4 is 11.0 Å². The Hall–Kier alpha value is -2.30. The highest BCUT2D eigenvalue weighted by Crippen LogP contribution is 2.23. The van der Waals surface area contributed by atoms with Crippen molar-refractivity contribution in [1.29, 1.82) is 0 Å². The molecule has 5 nitrogen and oxygen atoms in total. The number of aromatic nitrogens is 2. The fraction of sp³-hybridized carbons (Fsp3) is 0.0909. The van der Waals surface area contributed by atoms with Crippen molar-refractivity contribution >= 4 is 22.1 Å². The Bertz CT molecular complexity index is 727. The summed E-state index contributed by atoms with van der Waals surface area (Å²) >= 11 is 0. The van der Waals surface area contributed by atoms with E-state index in [1.165, 1.54) is 11.0 Å². The molecule has 0 spiro atoms. The lowest BCUT2D eigenvalue weighted by molar-refractivity contribution is 0.652. The first-order chi connectivity index (χ1) is 7.81. The third-order valence-corrected chi connectivity index (χ3v) is 2.53. The van der Waals surface area contributed by atoms with Crippen LogP contribution in [0.25, 0.3) is 22.1 Å². The molecular formula is C11H9N3O2. The van der Waals surface area contributed by atoms with Crippen LogP contribution in [0.4, 0.5) is 0 Å². The second-order valence-corrected chi connectivity index (χ2v) is 3.42. The molecule has 80 valence electrons. The summed E-state index contributed by atoms with van der Waals surface area (Å²) in [5.41, 5.74) is 4.04. The van der Waals surface area contributed by atoms with E-state index in [4.69, 9.17) is 4.42 Å². The van der Waals surface area contributed by atoms with Gasteiger partial charge in [-0.25, -0.2) is 9.66 Å². The van der Waals surface area contributed by atoms with Gasteiger partial charge in [0.15, 0.2) is 0 Å². The van der Waals surface area contributed by atoms with Gasteiger partial charge in [-0.3, -0.25) is 4.79 Å². The molecule has 0 aliphatic rings. The van der Waals surface area contributed by atoms with E-state index in [-0.39, 0.29) is 11.1 Å². The molecular weight excluding hydrogens is 206 g/mol. The highest BCUT2D eigenvalue weighted by atomic mass is 16.3. The zero-order valence-electron chi connectivity index (χ0n) is 8.60. The molecule has 1 N–H and O–H groups in total. The van der Waals surface area contributed by atoms with E-state index in [1.807, 2.05) is 24.3 Å². The summed E-state index contributed by atoms with van der Waals surface area (Å²) < 4.78 is 6.77. The van der Waals surface area contributed by atoms with Crippen molar-refractivity contribution in [1.82, 2.24) is 9.66 Å². The Morgan fingerprint density at radius 1 is 1.38 bits per heavy atom.